The maximum Gasteiger partial charge on any atom is 0.253 e. The number of carbonyl (C=O) groups is 2. The van der Waals surface area contributed by atoms with E-state index in [1.54, 1.807) is 24.3 Å². The Kier molecular flexibility index (Phi) is 3.55. The van der Waals surface area contributed by atoms with Gasteiger partial charge in [-0.05, 0) is 26.0 Å². The molecule has 16 heavy (non-hydrogen) atoms. The van der Waals surface area contributed by atoms with Crippen LogP contribution < -0.4 is 11.1 Å². The number of rotatable bonds is 3. The third-order valence-corrected chi connectivity index (χ3v) is 2.49. The molecule has 0 aromatic heterocycles. The summed E-state index contributed by atoms with van der Waals surface area (Å²) in [6, 6.07) is 6.60. The van der Waals surface area contributed by atoms with Crippen molar-refractivity contribution in [3.63, 3.8) is 0 Å². The lowest BCUT2D eigenvalue weighted by molar-refractivity contribution is -0.122. The van der Waals surface area contributed by atoms with Gasteiger partial charge in [0.2, 0.25) is 5.91 Å². The van der Waals surface area contributed by atoms with Crippen molar-refractivity contribution in [3.05, 3.63) is 34.9 Å². The minimum Gasteiger partial charge on any atom is -0.368 e. The number of nitrogens with two attached hydrogens (primary N) is 1. The molecule has 0 aliphatic rings. The Hall–Kier alpha value is -1.55. The van der Waals surface area contributed by atoms with E-state index < -0.39 is 17.4 Å². The van der Waals surface area contributed by atoms with E-state index in [0.29, 0.717) is 10.6 Å². The minimum absolute atomic E-state index is 0.318. The Morgan fingerprint density at radius 1 is 1.31 bits per heavy atom. The lowest BCUT2D eigenvalue weighted by Gasteiger charge is -2.22. The van der Waals surface area contributed by atoms with Crippen LogP contribution in [0.1, 0.15) is 24.2 Å². The van der Waals surface area contributed by atoms with E-state index >= 15 is 0 Å². The first-order valence-electron chi connectivity index (χ1n) is 4.71. The van der Waals surface area contributed by atoms with Crippen LogP contribution in [0.3, 0.4) is 0 Å². The van der Waals surface area contributed by atoms with Crippen molar-refractivity contribution in [3.8, 4) is 0 Å². The van der Waals surface area contributed by atoms with Crippen molar-refractivity contribution in [1.82, 2.24) is 5.32 Å². The van der Waals surface area contributed by atoms with Gasteiger partial charge in [0.05, 0.1) is 10.6 Å². The van der Waals surface area contributed by atoms with Crippen LogP contribution in [0.2, 0.25) is 5.02 Å². The van der Waals surface area contributed by atoms with Gasteiger partial charge in [0.15, 0.2) is 0 Å². The molecule has 0 bridgehead atoms. The van der Waals surface area contributed by atoms with Crippen LogP contribution in [0.15, 0.2) is 24.3 Å². The molecule has 0 aliphatic heterocycles. The molecule has 1 aromatic rings. The summed E-state index contributed by atoms with van der Waals surface area (Å²) in [5.74, 6) is -1.03. The van der Waals surface area contributed by atoms with Crippen LogP contribution in [0.4, 0.5) is 0 Å². The molecule has 2 amide bonds. The number of halogens is 1. The van der Waals surface area contributed by atoms with Crippen molar-refractivity contribution in [2.45, 2.75) is 19.4 Å². The molecule has 4 nitrogen and oxygen atoms in total. The average Bonchev–Trinajstić information content (AvgIpc) is 2.17. The predicted octanol–water partition coefficient (Wildman–Crippen LogP) is 1.33. The molecule has 0 saturated heterocycles. The number of benzene rings is 1. The molecule has 0 aliphatic carbocycles. The highest BCUT2D eigenvalue weighted by Gasteiger charge is 2.27. The first kappa shape index (κ1) is 12.5. The Balaban J connectivity index is 2.89. The summed E-state index contributed by atoms with van der Waals surface area (Å²) in [7, 11) is 0. The van der Waals surface area contributed by atoms with E-state index in [1.807, 2.05) is 0 Å². The van der Waals surface area contributed by atoms with Gasteiger partial charge in [0.1, 0.15) is 5.54 Å². The Morgan fingerprint density at radius 2 is 1.88 bits per heavy atom. The van der Waals surface area contributed by atoms with Gasteiger partial charge < -0.3 is 11.1 Å². The van der Waals surface area contributed by atoms with Crippen LogP contribution in [-0.2, 0) is 4.79 Å². The third-order valence-electron chi connectivity index (χ3n) is 2.16. The van der Waals surface area contributed by atoms with Gasteiger partial charge >= 0.3 is 0 Å². The van der Waals surface area contributed by atoms with Gasteiger partial charge in [-0.25, -0.2) is 0 Å². The van der Waals surface area contributed by atoms with E-state index in [2.05, 4.69) is 5.32 Å². The second kappa shape index (κ2) is 4.53. The van der Waals surface area contributed by atoms with Crippen molar-refractivity contribution < 1.29 is 9.59 Å². The normalized spacial score (nSPS) is 10.9. The van der Waals surface area contributed by atoms with E-state index in [4.69, 9.17) is 17.3 Å². The lowest BCUT2D eigenvalue weighted by Crippen LogP contribution is -2.53. The monoisotopic (exact) mass is 240 g/mol. The number of hydrogen-bond donors (Lipinski definition) is 2. The second-order valence-electron chi connectivity index (χ2n) is 3.92. The molecule has 0 radical (unpaired) electrons. The van der Waals surface area contributed by atoms with Gasteiger partial charge in [-0.1, -0.05) is 23.7 Å². The van der Waals surface area contributed by atoms with Crippen LogP contribution in [-0.4, -0.2) is 17.4 Å². The molecule has 0 unspecified atom stereocenters. The van der Waals surface area contributed by atoms with Crippen molar-refractivity contribution >= 4 is 23.4 Å². The molecular formula is C11H13ClN2O2. The first-order valence-corrected chi connectivity index (χ1v) is 5.09. The summed E-state index contributed by atoms with van der Waals surface area (Å²) >= 11 is 5.85. The highest BCUT2D eigenvalue weighted by atomic mass is 35.5. The topological polar surface area (TPSA) is 72.2 Å². The van der Waals surface area contributed by atoms with Crippen molar-refractivity contribution in [2.75, 3.05) is 0 Å². The largest absolute Gasteiger partial charge is 0.368 e. The highest BCUT2D eigenvalue weighted by Crippen LogP contribution is 2.15. The standard InChI is InChI=1S/C11H13ClN2O2/c1-11(2,10(13)16)14-9(15)7-5-3-4-6-8(7)12/h3-6H,1-2H3,(H2,13,16)(H,14,15). The quantitative estimate of drug-likeness (QED) is 0.837. The zero-order valence-electron chi connectivity index (χ0n) is 9.08. The Morgan fingerprint density at radius 3 is 2.38 bits per heavy atom. The fraction of sp³-hybridized carbons (Fsp3) is 0.273. The van der Waals surface area contributed by atoms with Crippen LogP contribution in [0.25, 0.3) is 0 Å². The average molecular weight is 241 g/mol. The zero-order valence-corrected chi connectivity index (χ0v) is 9.84. The first-order chi connectivity index (χ1) is 7.34. The van der Waals surface area contributed by atoms with Gasteiger partial charge in [0, 0.05) is 0 Å². The number of primary amides is 1. The highest BCUT2D eigenvalue weighted by molar-refractivity contribution is 6.33. The molecule has 0 heterocycles. The minimum atomic E-state index is -1.10. The number of nitrogens with one attached hydrogen (secondary N) is 1. The molecule has 0 saturated carbocycles. The SMILES string of the molecule is CC(C)(NC(=O)c1ccccc1Cl)C(N)=O. The van der Waals surface area contributed by atoms with E-state index in [0.717, 1.165) is 0 Å². The van der Waals surface area contributed by atoms with Gasteiger partial charge in [-0.3, -0.25) is 9.59 Å². The molecule has 5 heteroatoms. The second-order valence-corrected chi connectivity index (χ2v) is 4.33. The fourth-order valence-corrected chi connectivity index (χ4v) is 1.28. The van der Waals surface area contributed by atoms with E-state index in [-0.39, 0.29) is 0 Å². The molecule has 1 rings (SSSR count). The Labute approximate surface area is 98.8 Å². The number of hydrogen-bond acceptors (Lipinski definition) is 2. The summed E-state index contributed by atoms with van der Waals surface area (Å²) in [5.41, 5.74) is 4.37. The van der Waals surface area contributed by atoms with E-state index in [1.165, 1.54) is 13.8 Å². The summed E-state index contributed by atoms with van der Waals surface area (Å²) in [6.45, 7) is 3.06. The zero-order chi connectivity index (χ0) is 12.3. The van der Waals surface area contributed by atoms with Gasteiger partial charge in [0.25, 0.3) is 5.91 Å². The van der Waals surface area contributed by atoms with Crippen LogP contribution >= 0.6 is 11.6 Å². The Bertz CT molecular complexity index is 430. The van der Waals surface area contributed by atoms with E-state index in [9.17, 15) is 9.59 Å². The smallest absolute Gasteiger partial charge is 0.253 e. The molecule has 0 spiro atoms. The molecule has 1 aromatic carbocycles. The maximum absolute atomic E-state index is 11.8. The predicted molar refractivity (Wildman–Crippen MR) is 62.2 cm³/mol. The number of carbonyl (C=O) groups excluding carboxylic acids is 2. The molecule has 0 fully saturated rings. The molecular weight excluding hydrogens is 228 g/mol. The van der Waals surface area contributed by atoms with Gasteiger partial charge in [-0.2, -0.15) is 0 Å². The maximum atomic E-state index is 11.8. The summed E-state index contributed by atoms with van der Waals surface area (Å²) in [5, 5.41) is 2.85. The lowest BCUT2D eigenvalue weighted by atomic mass is 10.0. The van der Waals surface area contributed by atoms with Crippen LogP contribution in [0, 0.1) is 0 Å². The van der Waals surface area contributed by atoms with Gasteiger partial charge in [-0.15, -0.1) is 0 Å². The molecule has 86 valence electrons. The van der Waals surface area contributed by atoms with Crippen molar-refractivity contribution in [2.24, 2.45) is 5.73 Å². The molecule has 0 atom stereocenters. The number of amides is 2. The molecule has 3 N–H and O–H groups in total. The van der Waals surface area contributed by atoms with Crippen molar-refractivity contribution in [1.29, 1.82) is 0 Å². The summed E-state index contributed by atoms with van der Waals surface area (Å²) in [4.78, 5) is 22.8. The fourth-order valence-electron chi connectivity index (χ4n) is 1.06. The van der Waals surface area contributed by atoms with Crippen LogP contribution in [0.5, 0.6) is 0 Å². The summed E-state index contributed by atoms with van der Waals surface area (Å²) < 4.78 is 0. The summed E-state index contributed by atoms with van der Waals surface area (Å²) in [6.07, 6.45) is 0. The third kappa shape index (κ3) is 2.73.